The molecule has 0 radical (unpaired) electrons. The fourth-order valence-electron chi connectivity index (χ4n) is 2.86. The molecule has 1 aliphatic carbocycles. The molecule has 26 heavy (non-hydrogen) atoms. The lowest BCUT2D eigenvalue weighted by Gasteiger charge is -2.05. The van der Waals surface area contributed by atoms with Crippen LogP contribution < -0.4 is 5.73 Å². The molecule has 2 N–H and O–H groups in total. The monoisotopic (exact) mass is 489 g/mol. The van der Waals surface area contributed by atoms with Gasteiger partial charge in [-0.1, -0.05) is 38.5 Å². The molecule has 0 aliphatic heterocycles. The standard InChI is InChI=1S/C11H6F2IN5S.C6H12/c12-5-1-6-7(4-19(20-14)11(6)17-2-5)10-16-3-8(13)9(15)18-10;1-2-4-6-5-3-1/h1-4H,(H2,15,16,18);1-6H2. The number of fused-ring (bicyclic) bond motifs is 1. The average Bonchev–Trinajstić information content (AvgIpc) is 3.04. The van der Waals surface area contributed by atoms with Crippen molar-refractivity contribution in [1.29, 1.82) is 0 Å². The van der Waals surface area contributed by atoms with Crippen molar-refractivity contribution in [2.75, 3.05) is 5.73 Å². The first-order valence-corrected chi connectivity index (χ1v) is 11.7. The van der Waals surface area contributed by atoms with Crippen LogP contribution in [0.2, 0.25) is 0 Å². The fourth-order valence-corrected chi connectivity index (χ4v) is 4.11. The number of aromatic nitrogens is 4. The predicted octanol–water partition coefficient (Wildman–Crippen LogP) is 5.54. The van der Waals surface area contributed by atoms with E-state index < -0.39 is 11.6 Å². The molecule has 3 aromatic heterocycles. The summed E-state index contributed by atoms with van der Waals surface area (Å²) < 4.78 is 28.3. The van der Waals surface area contributed by atoms with Gasteiger partial charge in [0.2, 0.25) is 0 Å². The summed E-state index contributed by atoms with van der Waals surface area (Å²) in [5, 5.41) is 0.542. The van der Waals surface area contributed by atoms with E-state index in [0.717, 1.165) is 12.4 Å². The molecule has 3 aromatic rings. The van der Waals surface area contributed by atoms with E-state index in [4.69, 9.17) is 5.73 Å². The Labute approximate surface area is 166 Å². The Hall–Kier alpha value is -1.49. The maximum atomic E-state index is 13.4. The minimum absolute atomic E-state index is 0.227. The number of halogens is 3. The largest absolute Gasteiger partial charge is 0.381 e. The van der Waals surface area contributed by atoms with Gasteiger partial charge in [-0.05, 0) is 6.07 Å². The second-order valence-corrected chi connectivity index (χ2v) is 7.72. The highest BCUT2D eigenvalue weighted by Crippen LogP contribution is 2.32. The highest BCUT2D eigenvalue weighted by atomic mass is 127. The zero-order valence-electron chi connectivity index (χ0n) is 14.0. The first kappa shape index (κ1) is 19.3. The third kappa shape index (κ3) is 4.43. The van der Waals surface area contributed by atoms with Gasteiger partial charge in [-0.15, -0.1) is 0 Å². The first-order valence-electron chi connectivity index (χ1n) is 8.34. The highest BCUT2D eigenvalue weighted by Gasteiger charge is 2.15. The van der Waals surface area contributed by atoms with Crippen LogP contribution in [0.25, 0.3) is 22.4 Å². The Bertz CT molecular complexity index is 887. The molecular weight excluding hydrogens is 471 g/mol. The molecule has 5 nitrogen and oxygen atoms in total. The first-order chi connectivity index (χ1) is 12.6. The molecule has 0 amide bonds. The maximum Gasteiger partial charge on any atom is 0.183 e. The lowest BCUT2D eigenvalue weighted by molar-refractivity contribution is 0.504. The Balaban J connectivity index is 0.000000278. The minimum atomic E-state index is -0.690. The van der Waals surface area contributed by atoms with Crippen LogP contribution >= 0.6 is 30.3 Å². The average molecular weight is 489 g/mol. The number of nitrogens with zero attached hydrogens (tertiary/aromatic N) is 4. The van der Waals surface area contributed by atoms with Crippen LogP contribution in [0.3, 0.4) is 0 Å². The number of hydrogen-bond acceptors (Lipinski definition) is 5. The van der Waals surface area contributed by atoms with Crippen molar-refractivity contribution >= 4 is 47.2 Å². The quantitative estimate of drug-likeness (QED) is 0.479. The summed E-state index contributed by atoms with van der Waals surface area (Å²) in [7, 11) is 1.37. The molecule has 3 heterocycles. The molecule has 0 saturated heterocycles. The third-order valence-corrected chi connectivity index (χ3v) is 5.87. The van der Waals surface area contributed by atoms with E-state index in [1.807, 2.05) is 0 Å². The summed E-state index contributed by atoms with van der Waals surface area (Å²) in [6.07, 6.45) is 12.8. The van der Waals surface area contributed by atoms with Crippen molar-refractivity contribution in [3.63, 3.8) is 0 Å². The summed E-state index contributed by atoms with van der Waals surface area (Å²) in [6.45, 7) is 0. The van der Waals surface area contributed by atoms with Crippen molar-refractivity contribution in [3.8, 4) is 11.4 Å². The molecule has 0 atom stereocenters. The molecule has 4 rings (SSSR count). The number of pyridine rings is 1. The number of anilines is 1. The van der Waals surface area contributed by atoms with Gasteiger partial charge in [-0.3, -0.25) is 3.97 Å². The summed E-state index contributed by atoms with van der Waals surface area (Å²) in [6, 6.07) is 1.34. The van der Waals surface area contributed by atoms with Gasteiger partial charge in [-0.2, -0.15) is 0 Å². The number of nitrogens with two attached hydrogens (primary N) is 1. The van der Waals surface area contributed by atoms with Gasteiger partial charge in [-0.25, -0.2) is 23.7 Å². The van der Waals surface area contributed by atoms with Gasteiger partial charge in [0.05, 0.1) is 12.4 Å². The third-order valence-electron chi connectivity index (χ3n) is 4.17. The van der Waals surface area contributed by atoms with E-state index in [1.54, 1.807) is 10.2 Å². The van der Waals surface area contributed by atoms with E-state index in [2.05, 4.69) is 36.2 Å². The summed E-state index contributed by atoms with van der Waals surface area (Å²) in [5.74, 6) is -1.18. The normalized spacial score (nSPS) is 14.1. The minimum Gasteiger partial charge on any atom is -0.381 e. The predicted molar refractivity (Wildman–Crippen MR) is 110 cm³/mol. The Morgan fingerprint density at radius 3 is 2.27 bits per heavy atom. The molecule has 0 spiro atoms. The van der Waals surface area contributed by atoms with Crippen LogP contribution in [0.5, 0.6) is 0 Å². The van der Waals surface area contributed by atoms with Crippen molar-refractivity contribution in [3.05, 3.63) is 36.3 Å². The Morgan fingerprint density at radius 2 is 1.69 bits per heavy atom. The summed E-state index contributed by atoms with van der Waals surface area (Å²) >= 11 is 2.08. The zero-order valence-corrected chi connectivity index (χ0v) is 16.9. The summed E-state index contributed by atoms with van der Waals surface area (Å²) in [4.78, 5) is 11.8. The van der Waals surface area contributed by atoms with Crippen LogP contribution in [0.4, 0.5) is 14.6 Å². The van der Waals surface area contributed by atoms with Crippen molar-refractivity contribution in [2.24, 2.45) is 0 Å². The Kier molecular flexibility index (Phi) is 6.63. The second kappa shape index (κ2) is 8.94. The van der Waals surface area contributed by atoms with Crippen LogP contribution in [0, 0.1) is 11.6 Å². The molecule has 9 heteroatoms. The van der Waals surface area contributed by atoms with Crippen molar-refractivity contribution in [2.45, 2.75) is 38.5 Å². The lowest BCUT2D eigenvalue weighted by atomic mass is 10.0. The Morgan fingerprint density at radius 1 is 1.04 bits per heavy atom. The topological polar surface area (TPSA) is 69.6 Å². The zero-order chi connectivity index (χ0) is 18.5. The van der Waals surface area contributed by atoms with E-state index in [1.165, 1.54) is 53.7 Å². The van der Waals surface area contributed by atoms with Crippen molar-refractivity contribution < 1.29 is 8.78 Å². The van der Waals surface area contributed by atoms with Crippen molar-refractivity contribution in [1.82, 2.24) is 18.9 Å². The van der Waals surface area contributed by atoms with E-state index >= 15 is 0 Å². The van der Waals surface area contributed by atoms with Crippen LogP contribution in [0.15, 0.2) is 24.7 Å². The van der Waals surface area contributed by atoms with Gasteiger partial charge >= 0.3 is 0 Å². The van der Waals surface area contributed by atoms with Crippen LogP contribution in [-0.4, -0.2) is 18.9 Å². The SMILES string of the molecule is C1CCCCC1.Nc1nc(-c2cn(SI)c3ncc(F)cc23)ncc1F. The van der Waals surface area contributed by atoms with Gasteiger partial charge in [0.1, 0.15) is 5.82 Å². The smallest absolute Gasteiger partial charge is 0.183 e. The molecule has 1 saturated carbocycles. The molecule has 0 bridgehead atoms. The number of hydrogen-bond donors (Lipinski definition) is 1. The van der Waals surface area contributed by atoms with Gasteiger partial charge in [0.15, 0.2) is 23.1 Å². The number of nitrogen functional groups attached to an aromatic ring is 1. The van der Waals surface area contributed by atoms with Gasteiger partial charge in [0, 0.05) is 47.5 Å². The fraction of sp³-hybridized carbons (Fsp3) is 0.353. The highest BCUT2D eigenvalue weighted by molar-refractivity contribution is 14.2. The lowest BCUT2D eigenvalue weighted by Crippen LogP contribution is -1.98. The van der Waals surface area contributed by atoms with Crippen LogP contribution in [-0.2, 0) is 0 Å². The molecule has 138 valence electrons. The number of rotatable bonds is 2. The molecular formula is C17H18F2IN5S. The summed E-state index contributed by atoms with van der Waals surface area (Å²) in [5.41, 5.74) is 6.56. The van der Waals surface area contributed by atoms with E-state index in [-0.39, 0.29) is 11.6 Å². The molecule has 0 aromatic carbocycles. The molecule has 1 fully saturated rings. The van der Waals surface area contributed by atoms with E-state index in [9.17, 15) is 8.78 Å². The van der Waals surface area contributed by atoms with E-state index in [0.29, 0.717) is 16.6 Å². The van der Waals surface area contributed by atoms with Crippen LogP contribution in [0.1, 0.15) is 38.5 Å². The van der Waals surface area contributed by atoms with Gasteiger partial charge in [0.25, 0.3) is 0 Å². The molecule has 0 unspecified atom stereocenters. The van der Waals surface area contributed by atoms with Gasteiger partial charge < -0.3 is 5.73 Å². The second-order valence-electron chi connectivity index (χ2n) is 6.01. The maximum absolute atomic E-state index is 13.4. The molecule has 1 aliphatic rings.